The predicted molar refractivity (Wildman–Crippen MR) is 103 cm³/mol. The number of carbonyl (C=O) groups is 4. The SMILES string of the molecule is CC(C)[C@H](N)C(=O)N[C@@H](CCC(N)=O)C(=O)N[C@@H](CCCN=C(N)N)C(=O)O. The number of nitrogens with zero attached hydrogens (tertiary/aromatic N) is 1. The van der Waals surface area contributed by atoms with Crippen LogP contribution in [0.25, 0.3) is 0 Å². The molecular formula is C16H31N7O5. The molecule has 12 heteroatoms. The minimum Gasteiger partial charge on any atom is -0.480 e. The molecule has 12 nitrogen and oxygen atoms in total. The van der Waals surface area contributed by atoms with Crippen LogP contribution in [-0.2, 0) is 19.2 Å². The van der Waals surface area contributed by atoms with E-state index in [2.05, 4.69) is 15.6 Å². The van der Waals surface area contributed by atoms with Crippen molar-refractivity contribution in [2.45, 2.75) is 57.7 Å². The molecule has 0 fully saturated rings. The third-order valence-corrected chi connectivity index (χ3v) is 3.89. The molecule has 3 amide bonds. The maximum atomic E-state index is 12.5. The van der Waals surface area contributed by atoms with E-state index in [1.807, 2.05) is 0 Å². The first-order chi connectivity index (χ1) is 13.0. The number of hydrogen-bond acceptors (Lipinski definition) is 6. The second kappa shape index (κ2) is 12.5. The summed E-state index contributed by atoms with van der Waals surface area (Å²) >= 11 is 0. The van der Waals surface area contributed by atoms with Crippen LogP contribution < -0.4 is 33.6 Å². The van der Waals surface area contributed by atoms with Gasteiger partial charge in [0.15, 0.2) is 5.96 Å². The van der Waals surface area contributed by atoms with Gasteiger partial charge in [0.2, 0.25) is 17.7 Å². The van der Waals surface area contributed by atoms with Crippen LogP contribution in [0, 0.1) is 5.92 Å². The average molecular weight is 401 g/mol. The molecule has 0 saturated carbocycles. The molecule has 11 N–H and O–H groups in total. The van der Waals surface area contributed by atoms with Gasteiger partial charge in [0, 0.05) is 13.0 Å². The summed E-state index contributed by atoms with van der Waals surface area (Å²) < 4.78 is 0. The van der Waals surface area contributed by atoms with Gasteiger partial charge in [0.25, 0.3) is 0 Å². The Kier molecular flexibility index (Phi) is 11.2. The Labute approximate surface area is 163 Å². The summed E-state index contributed by atoms with van der Waals surface area (Å²) in [7, 11) is 0. The van der Waals surface area contributed by atoms with Gasteiger partial charge >= 0.3 is 5.97 Å². The normalized spacial score (nSPS) is 13.9. The van der Waals surface area contributed by atoms with Crippen LogP contribution in [0.5, 0.6) is 0 Å². The van der Waals surface area contributed by atoms with E-state index in [1.165, 1.54) is 0 Å². The van der Waals surface area contributed by atoms with Gasteiger partial charge in [0.05, 0.1) is 6.04 Å². The summed E-state index contributed by atoms with van der Waals surface area (Å²) in [6.07, 6.45) is 0.126. The highest BCUT2D eigenvalue weighted by atomic mass is 16.4. The summed E-state index contributed by atoms with van der Waals surface area (Å²) in [6, 6.07) is -3.23. The summed E-state index contributed by atoms with van der Waals surface area (Å²) in [5.41, 5.74) is 21.2. The highest BCUT2D eigenvalue weighted by Gasteiger charge is 2.28. The predicted octanol–water partition coefficient (Wildman–Crippen LogP) is -2.66. The number of carboxylic acids is 1. The molecule has 0 aromatic rings. The number of aliphatic imine (C=N–C) groups is 1. The number of nitrogens with one attached hydrogen (secondary N) is 2. The minimum absolute atomic E-state index is 0.0693. The molecule has 0 unspecified atom stereocenters. The van der Waals surface area contributed by atoms with Gasteiger partial charge in [-0.15, -0.1) is 0 Å². The van der Waals surface area contributed by atoms with E-state index in [-0.39, 0.29) is 37.7 Å². The van der Waals surface area contributed by atoms with E-state index in [9.17, 15) is 24.3 Å². The number of primary amides is 1. The Morgan fingerprint density at radius 1 is 0.964 bits per heavy atom. The second-order valence-corrected chi connectivity index (χ2v) is 6.68. The lowest BCUT2D eigenvalue weighted by Gasteiger charge is -2.23. The van der Waals surface area contributed by atoms with Crippen molar-refractivity contribution in [3.05, 3.63) is 0 Å². The standard InChI is InChI=1S/C16H31N7O5/c1-8(2)12(18)14(26)22-9(5-6-11(17)24)13(25)23-10(15(27)28)4-3-7-21-16(19)20/h8-10,12H,3-7,18H2,1-2H3,(H2,17,24)(H,22,26)(H,23,25)(H,27,28)(H4,19,20,21)/t9-,10-,12-/m0/s1. The fraction of sp³-hybridized carbons (Fsp3) is 0.688. The number of guanidine groups is 1. The van der Waals surface area contributed by atoms with E-state index >= 15 is 0 Å². The van der Waals surface area contributed by atoms with Crippen LogP contribution in [0.3, 0.4) is 0 Å². The lowest BCUT2D eigenvalue weighted by atomic mass is 10.0. The Morgan fingerprint density at radius 3 is 2.00 bits per heavy atom. The van der Waals surface area contributed by atoms with Crippen molar-refractivity contribution in [1.29, 1.82) is 0 Å². The number of amides is 3. The van der Waals surface area contributed by atoms with E-state index in [0.29, 0.717) is 6.42 Å². The van der Waals surface area contributed by atoms with Crippen LogP contribution in [-0.4, -0.2) is 59.4 Å². The number of hydrogen-bond donors (Lipinski definition) is 7. The Morgan fingerprint density at radius 2 is 1.54 bits per heavy atom. The fourth-order valence-electron chi connectivity index (χ4n) is 2.16. The van der Waals surface area contributed by atoms with Crippen LogP contribution in [0.1, 0.15) is 39.5 Å². The van der Waals surface area contributed by atoms with Gasteiger partial charge in [0.1, 0.15) is 12.1 Å². The average Bonchev–Trinajstić information content (AvgIpc) is 2.59. The third-order valence-electron chi connectivity index (χ3n) is 3.89. The Hall–Kier alpha value is -2.89. The van der Waals surface area contributed by atoms with E-state index in [1.54, 1.807) is 13.8 Å². The van der Waals surface area contributed by atoms with Crippen molar-refractivity contribution in [1.82, 2.24) is 10.6 Å². The van der Waals surface area contributed by atoms with E-state index in [4.69, 9.17) is 22.9 Å². The van der Waals surface area contributed by atoms with E-state index in [0.717, 1.165) is 0 Å². The van der Waals surface area contributed by atoms with Crippen molar-refractivity contribution in [3.8, 4) is 0 Å². The molecule has 160 valence electrons. The molecule has 0 saturated heterocycles. The molecule has 0 heterocycles. The topological polar surface area (TPSA) is 229 Å². The quantitative estimate of drug-likeness (QED) is 0.0975. The summed E-state index contributed by atoms with van der Waals surface area (Å²) in [6.45, 7) is 3.67. The van der Waals surface area contributed by atoms with Gasteiger partial charge in [-0.1, -0.05) is 13.8 Å². The molecule has 3 atom stereocenters. The Bertz CT molecular complexity index is 590. The van der Waals surface area contributed by atoms with Crippen LogP contribution in [0.2, 0.25) is 0 Å². The maximum Gasteiger partial charge on any atom is 0.326 e. The number of carboxylic acid groups (broad SMARTS) is 1. The number of aliphatic carboxylic acids is 1. The summed E-state index contributed by atoms with van der Waals surface area (Å²) in [5.74, 6) is -3.54. The summed E-state index contributed by atoms with van der Waals surface area (Å²) in [4.78, 5) is 50.8. The zero-order chi connectivity index (χ0) is 21.9. The van der Waals surface area contributed by atoms with Gasteiger partial charge < -0.3 is 38.7 Å². The largest absolute Gasteiger partial charge is 0.480 e. The van der Waals surface area contributed by atoms with Crippen LogP contribution in [0.15, 0.2) is 4.99 Å². The minimum atomic E-state index is -1.25. The lowest BCUT2D eigenvalue weighted by molar-refractivity contribution is -0.142. The fourth-order valence-corrected chi connectivity index (χ4v) is 2.16. The smallest absolute Gasteiger partial charge is 0.326 e. The van der Waals surface area contributed by atoms with Crippen molar-refractivity contribution in [2.24, 2.45) is 33.8 Å². The number of nitrogens with two attached hydrogens (primary N) is 4. The van der Waals surface area contributed by atoms with Crippen LogP contribution in [0.4, 0.5) is 0 Å². The van der Waals surface area contributed by atoms with E-state index < -0.39 is 41.8 Å². The van der Waals surface area contributed by atoms with Gasteiger partial charge in [-0.3, -0.25) is 19.4 Å². The second-order valence-electron chi connectivity index (χ2n) is 6.68. The zero-order valence-corrected chi connectivity index (χ0v) is 16.2. The maximum absolute atomic E-state index is 12.5. The Balaban J connectivity index is 5.05. The molecule has 0 aliphatic rings. The molecule has 0 aliphatic heterocycles. The molecule has 0 rings (SSSR count). The molecular weight excluding hydrogens is 370 g/mol. The molecule has 0 aliphatic carbocycles. The molecule has 0 bridgehead atoms. The van der Waals surface area contributed by atoms with Crippen molar-refractivity contribution in [3.63, 3.8) is 0 Å². The molecule has 0 aromatic heterocycles. The number of carbonyl (C=O) groups excluding carboxylic acids is 3. The highest BCUT2D eigenvalue weighted by Crippen LogP contribution is 2.05. The first-order valence-electron chi connectivity index (χ1n) is 8.88. The van der Waals surface area contributed by atoms with Gasteiger partial charge in [-0.25, -0.2) is 4.79 Å². The summed E-state index contributed by atoms with van der Waals surface area (Å²) in [5, 5.41) is 14.1. The van der Waals surface area contributed by atoms with Crippen molar-refractivity contribution >= 4 is 29.7 Å². The van der Waals surface area contributed by atoms with Crippen LogP contribution >= 0.6 is 0 Å². The molecule has 28 heavy (non-hydrogen) atoms. The lowest BCUT2D eigenvalue weighted by Crippen LogP contribution is -2.55. The van der Waals surface area contributed by atoms with Gasteiger partial charge in [-0.05, 0) is 25.2 Å². The van der Waals surface area contributed by atoms with Gasteiger partial charge in [-0.2, -0.15) is 0 Å². The first-order valence-corrected chi connectivity index (χ1v) is 8.88. The molecule has 0 aromatic carbocycles. The first kappa shape index (κ1) is 25.1. The molecule has 0 spiro atoms. The third kappa shape index (κ3) is 10.3. The zero-order valence-electron chi connectivity index (χ0n) is 16.2. The van der Waals surface area contributed by atoms with Crippen molar-refractivity contribution in [2.75, 3.05) is 6.54 Å². The van der Waals surface area contributed by atoms with Crippen molar-refractivity contribution < 1.29 is 24.3 Å². The monoisotopic (exact) mass is 401 g/mol. The number of rotatable bonds is 13. The highest BCUT2D eigenvalue weighted by molar-refractivity contribution is 5.92. The molecule has 0 radical (unpaired) electrons.